The molecule has 2 aliphatic rings. The van der Waals surface area contributed by atoms with Crippen LogP contribution in [0.2, 0.25) is 0 Å². The number of hydrogen-bond acceptors (Lipinski definition) is 5. The lowest BCUT2D eigenvalue weighted by Gasteiger charge is -2.37. The Bertz CT molecular complexity index is 836. The number of aryl methyl sites for hydroxylation is 1. The number of amides is 1. The molecule has 1 amide bonds. The molecule has 2 aromatic rings. The van der Waals surface area contributed by atoms with Crippen molar-refractivity contribution in [2.45, 2.75) is 77.2 Å². The van der Waals surface area contributed by atoms with E-state index in [1.807, 2.05) is 32.3 Å². The third kappa shape index (κ3) is 5.18. The molecule has 7 heteroatoms. The van der Waals surface area contributed by atoms with E-state index < -0.39 is 0 Å². The maximum atomic E-state index is 12.9. The van der Waals surface area contributed by atoms with E-state index in [0.717, 1.165) is 68.1 Å². The third-order valence-corrected chi connectivity index (χ3v) is 6.80. The Balaban J connectivity index is 1.27. The third-order valence-electron chi connectivity index (χ3n) is 6.80. The first kappa shape index (κ1) is 20.8. The topological polar surface area (TPSA) is 86.8 Å². The molecule has 2 heterocycles. The predicted molar refractivity (Wildman–Crippen MR) is 117 cm³/mol. The van der Waals surface area contributed by atoms with Gasteiger partial charge in [-0.15, -0.1) is 0 Å². The zero-order chi connectivity index (χ0) is 20.9. The second kappa shape index (κ2) is 9.58. The fraction of sp³-hybridized carbons (Fsp3) is 0.652. The van der Waals surface area contributed by atoms with Gasteiger partial charge in [0.25, 0.3) is 0 Å². The number of carbonyl (C=O) groups excluding carboxylic acids is 1. The summed E-state index contributed by atoms with van der Waals surface area (Å²) in [7, 11) is 2.02. The largest absolute Gasteiger partial charge is 0.343 e. The molecule has 4 rings (SSSR count). The molecule has 30 heavy (non-hydrogen) atoms. The maximum absolute atomic E-state index is 12.9. The maximum Gasteiger partial charge on any atom is 0.225 e. The number of aromatic nitrogens is 4. The average molecular weight is 411 g/mol. The Morgan fingerprint density at radius 2 is 1.90 bits per heavy atom. The summed E-state index contributed by atoms with van der Waals surface area (Å²) < 4.78 is 0. The van der Waals surface area contributed by atoms with Crippen molar-refractivity contribution in [3.63, 3.8) is 0 Å². The number of nitrogens with one attached hydrogen (secondary N) is 2. The van der Waals surface area contributed by atoms with Crippen LogP contribution in [0.25, 0.3) is 0 Å². The van der Waals surface area contributed by atoms with Gasteiger partial charge in [-0.25, -0.2) is 9.97 Å². The summed E-state index contributed by atoms with van der Waals surface area (Å²) in [6.45, 7) is 1.97. The highest BCUT2D eigenvalue weighted by Gasteiger charge is 2.31. The van der Waals surface area contributed by atoms with E-state index in [-0.39, 0.29) is 5.92 Å². The van der Waals surface area contributed by atoms with E-state index in [4.69, 9.17) is 0 Å². The Kier molecular flexibility index (Phi) is 6.65. The van der Waals surface area contributed by atoms with E-state index in [0.29, 0.717) is 17.9 Å². The molecule has 0 radical (unpaired) electrons. The molecule has 2 fully saturated rings. The summed E-state index contributed by atoms with van der Waals surface area (Å²) in [5.41, 5.74) is 1.01. The van der Waals surface area contributed by atoms with E-state index >= 15 is 0 Å². The number of H-pyrrole nitrogens is 1. The molecule has 2 saturated carbocycles. The molecule has 0 unspecified atom stereocenters. The fourth-order valence-electron chi connectivity index (χ4n) is 4.99. The van der Waals surface area contributed by atoms with Crippen LogP contribution in [0.4, 0.5) is 11.6 Å². The summed E-state index contributed by atoms with van der Waals surface area (Å²) >= 11 is 0. The first-order valence-corrected chi connectivity index (χ1v) is 11.5. The molecule has 0 spiro atoms. The molecule has 0 aliphatic heterocycles. The van der Waals surface area contributed by atoms with Crippen LogP contribution in [0.1, 0.15) is 69.3 Å². The molecule has 2 aromatic heterocycles. The standard InChI is InChI=1S/C23H34N6O/c1-16-14-22(28-27-16)26-20-12-13-24-21(25-20)15-17-8-10-19(11-9-17)29(2)23(30)18-6-4-3-5-7-18/h12-14,17-19H,3-11,15H2,1-2H3,(H2,24,25,26,27,28). The highest BCUT2D eigenvalue weighted by Crippen LogP contribution is 2.32. The Morgan fingerprint density at radius 1 is 1.13 bits per heavy atom. The highest BCUT2D eigenvalue weighted by atomic mass is 16.2. The van der Waals surface area contributed by atoms with Gasteiger partial charge in [0.15, 0.2) is 5.82 Å². The second-order valence-corrected chi connectivity index (χ2v) is 9.08. The molecule has 0 atom stereocenters. The Labute approximate surface area is 179 Å². The first-order chi connectivity index (χ1) is 14.6. The van der Waals surface area contributed by atoms with E-state index in [1.54, 1.807) is 0 Å². The monoisotopic (exact) mass is 410 g/mol. The molecule has 2 aliphatic carbocycles. The van der Waals surface area contributed by atoms with Crippen molar-refractivity contribution in [3.05, 3.63) is 29.8 Å². The van der Waals surface area contributed by atoms with E-state index in [2.05, 4.69) is 30.4 Å². The summed E-state index contributed by atoms with van der Waals surface area (Å²) in [5, 5.41) is 10.4. The van der Waals surface area contributed by atoms with E-state index in [1.165, 1.54) is 19.3 Å². The average Bonchev–Trinajstić information content (AvgIpc) is 3.18. The van der Waals surface area contributed by atoms with Gasteiger partial charge < -0.3 is 10.2 Å². The van der Waals surface area contributed by atoms with Gasteiger partial charge in [0.2, 0.25) is 5.91 Å². The molecule has 0 aromatic carbocycles. The van der Waals surface area contributed by atoms with Gasteiger partial charge in [-0.05, 0) is 57.4 Å². The van der Waals surface area contributed by atoms with Crippen LogP contribution in [0.5, 0.6) is 0 Å². The van der Waals surface area contributed by atoms with Crippen molar-refractivity contribution in [2.24, 2.45) is 11.8 Å². The van der Waals surface area contributed by atoms with Crippen molar-refractivity contribution in [1.82, 2.24) is 25.1 Å². The van der Waals surface area contributed by atoms with Crippen molar-refractivity contribution in [3.8, 4) is 0 Å². The van der Waals surface area contributed by atoms with Crippen LogP contribution in [-0.2, 0) is 11.2 Å². The summed E-state index contributed by atoms with van der Waals surface area (Å²) in [4.78, 5) is 24.1. The molecular weight excluding hydrogens is 376 g/mol. The second-order valence-electron chi connectivity index (χ2n) is 9.08. The summed E-state index contributed by atoms with van der Waals surface area (Å²) in [6, 6.07) is 4.22. The minimum absolute atomic E-state index is 0.267. The van der Waals surface area contributed by atoms with Crippen molar-refractivity contribution >= 4 is 17.5 Å². The van der Waals surface area contributed by atoms with Crippen LogP contribution >= 0.6 is 0 Å². The van der Waals surface area contributed by atoms with Crippen LogP contribution in [0.3, 0.4) is 0 Å². The summed E-state index contributed by atoms with van der Waals surface area (Å²) in [5.74, 6) is 3.66. The van der Waals surface area contributed by atoms with Gasteiger partial charge in [0.05, 0.1) is 0 Å². The predicted octanol–water partition coefficient (Wildman–Crippen LogP) is 4.39. The molecular formula is C23H34N6O. The van der Waals surface area contributed by atoms with Gasteiger partial charge in [-0.3, -0.25) is 9.89 Å². The van der Waals surface area contributed by atoms with Crippen LogP contribution in [-0.4, -0.2) is 44.1 Å². The van der Waals surface area contributed by atoms with Gasteiger partial charge in [-0.1, -0.05) is 19.3 Å². The number of aromatic amines is 1. The molecule has 2 N–H and O–H groups in total. The SMILES string of the molecule is Cc1cc(Nc2ccnc(CC3CCC(N(C)C(=O)C4CCCCC4)CC3)n2)n[nH]1. The lowest BCUT2D eigenvalue weighted by Crippen LogP contribution is -2.43. The minimum Gasteiger partial charge on any atom is -0.343 e. The number of carbonyl (C=O) groups is 1. The number of rotatable bonds is 6. The van der Waals surface area contributed by atoms with Gasteiger partial charge in [-0.2, -0.15) is 5.10 Å². The van der Waals surface area contributed by atoms with Crippen molar-refractivity contribution in [1.29, 1.82) is 0 Å². The Hall–Kier alpha value is -2.44. The zero-order valence-electron chi connectivity index (χ0n) is 18.2. The van der Waals surface area contributed by atoms with Gasteiger partial charge in [0.1, 0.15) is 11.6 Å². The Morgan fingerprint density at radius 3 is 2.60 bits per heavy atom. The molecule has 0 bridgehead atoms. The smallest absolute Gasteiger partial charge is 0.225 e. The quantitative estimate of drug-likeness (QED) is 0.737. The number of anilines is 2. The fourth-order valence-corrected chi connectivity index (χ4v) is 4.99. The normalized spacial score (nSPS) is 22.6. The summed E-state index contributed by atoms with van der Waals surface area (Å²) in [6.07, 6.45) is 13.0. The molecule has 0 saturated heterocycles. The van der Waals surface area contributed by atoms with E-state index in [9.17, 15) is 4.79 Å². The number of hydrogen-bond donors (Lipinski definition) is 2. The van der Waals surface area contributed by atoms with Crippen molar-refractivity contribution < 1.29 is 4.79 Å². The van der Waals surface area contributed by atoms with Crippen LogP contribution in [0, 0.1) is 18.8 Å². The zero-order valence-corrected chi connectivity index (χ0v) is 18.2. The first-order valence-electron chi connectivity index (χ1n) is 11.5. The minimum atomic E-state index is 0.267. The number of nitrogens with zero attached hydrogens (tertiary/aromatic N) is 4. The van der Waals surface area contributed by atoms with Crippen LogP contribution in [0.15, 0.2) is 18.3 Å². The lowest BCUT2D eigenvalue weighted by atomic mass is 9.82. The highest BCUT2D eigenvalue weighted by molar-refractivity contribution is 5.79. The van der Waals surface area contributed by atoms with Crippen LogP contribution < -0.4 is 5.32 Å². The van der Waals surface area contributed by atoms with Gasteiger partial charge in [0, 0.05) is 43.4 Å². The van der Waals surface area contributed by atoms with Crippen molar-refractivity contribution in [2.75, 3.05) is 12.4 Å². The lowest BCUT2D eigenvalue weighted by molar-refractivity contribution is -0.138. The molecule has 162 valence electrons. The molecule has 7 nitrogen and oxygen atoms in total. The van der Waals surface area contributed by atoms with Gasteiger partial charge >= 0.3 is 0 Å².